The molecule has 2 heterocycles. The van der Waals surface area contributed by atoms with Crippen molar-refractivity contribution in [3.8, 4) is 0 Å². The number of amides is 1. The molecule has 2 N–H and O–H groups in total. The summed E-state index contributed by atoms with van der Waals surface area (Å²) >= 11 is 0. The predicted octanol–water partition coefficient (Wildman–Crippen LogP) is 1.89. The molecule has 8 nitrogen and oxygen atoms in total. The molecule has 136 valence electrons. The van der Waals surface area contributed by atoms with Gasteiger partial charge >= 0.3 is 5.97 Å². The number of allylic oxidation sites excluding steroid dienone is 1. The maximum atomic E-state index is 12.7. The topological polar surface area (TPSA) is 111 Å². The lowest BCUT2D eigenvalue weighted by atomic mass is 9.79. The van der Waals surface area contributed by atoms with Crippen molar-refractivity contribution in [3.63, 3.8) is 0 Å². The number of esters is 1. The normalized spacial score (nSPS) is 21.1. The van der Waals surface area contributed by atoms with Crippen LogP contribution in [0.3, 0.4) is 0 Å². The van der Waals surface area contributed by atoms with Crippen molar-refractivity contribution in [2.24, 2.45) is 0 Å². The van der Waals surface area contributed by atoms with Gasteiger partial charge in [0.05, 0.1) is 40.3 Å². The van der Waals surface area contributed by atoms with Crippen molar-refractivity contribution in [2.75, 3.05) is 7.11 Å². The molecule has 26 heavy (non-hydrogen) atoms. The molecule has 0 saturated heterocycles. The number of methoxy groups -OCH3 is 1. The molecule has 2 aliphatic heterocycles. The first-order valence-electron chi connectivity index (χ1n) is 8.05. The molecular weight excluding hydrogens is 338 g/mol. The molecule has 2 aliphatic rings. The van der Waals surface area contributed by atoms with Crippen LogP contribution in [0.15, 0.2) is 46.8 Å². The molecule has 0 spiro atoms. The maximum absolute atomic E-state index is 12.7. The number of dihydropyridines is 1. The van der Waals surface area contributed by atoms with Gasteiger partial charge in [0.2, 0.25) is 0 Å². The highest BCUT2D eigenvalue weighted by Crippen LogP contribution is 2.44. The molecule has 3 rings (SSSR count). The summed E-state index contributed by atoms with van der Waals surface area (Å²) in [7, 11) is 1.26. The van der Waals surface area contributed by atoms with E-state index in [4.69, 9.17) is 4.74 Å². The van der Waals surface area contributed by atoms with Crippen LogP contribution in [0.2, 0.25) is 0 Å². The van der Waals surface area contributed by atoms with Gasteiger partial charge in [-0.1, -0.05) is 12.1 Å². The number of hydrogen-bond donors (Lipinski definition) is 2. The van der Waals surface area contributed by atoms with Gasteiger partial charge in [0.25, 0.3) is 11.6 Å². The Hall–Kier alpha value is -3.16. The number of carbonyl (C=O) groups is 2. The Morgan fingerprint density at radius 1 is 1.35 bits per heavy atom. The van der Waals surface area contributed by atoms with E-state index in [0.717, 1.165) is 0 Å². The molecule has 1 atom stereocenters. The maximum Gasteiger partial charge on any atom is 0.336 e. The highest BCUT2D eigenvalue weighted by atomic mass is 16.6. The number of carbonyl (C=O) groups excluding carboxylic acids is 2. The van der Waals surface area contributed by atoms with Gasteiger partial charge < -0.3 is 15.4 Å². The Morgan fingerprint density at radius 2 is 2.04 bits per heavy atom. The Balaban J connectivity index is 2.26. The summed E-state index contributed by atoms with van der Waals surface area (Å²) < 4.78 is 4.90. The van der Waals surface area contributed by atoms with Gasteiger partial charge in [-0.25, -0.2) is 4.79 Å². The Morgan fingerprint density at radius 3 is 2.65 bits per heavy atom. The summed E-state index contributed by atoms with van der Waals surface area (Å²) in [5, 5.41) is 17.2. The second kappa shape index (κ2) is 5.98. The smallest absolute Gasteiger partial charge is 0.336 e. The summed E-state index contributed by atoms with van der Waals surface area (Å²) in [4.78, 5) is 35.8. The van der Waals surface area contributed by atoms with E-state index in [1.165, 1.54) is 25.3 Å². The van der Waals surface area contributed by atoms with Crippen molar-refractivity contribution < 1.29 is 19.2 Å². The van der Waals surface area contributed by atoms with Crippen molar-refractivity contribution in [1.82, 2.24) is 10.6 Å². The fraction of sp³-hybridized carbons (Fsp3) is 0.333. The van der Waals surface area contributed by atoms with E-state index in [9.17, 15) is 19.7 Å². The van der Waals surface area contributed by atoms with Crippen LogP contribution in [0.4, 0.5) is 5.69 Å². The standard InChI is InChI=1S/C18H19N3O5/c1-9-12(17(23)26-4)13(10-6-5-7-11(8-10)21(24)25)14-15(19-9)18(2,3)20-16(14)22/h5-8,13,19H,1-4H3,(H,20,22). The SMILES string of the molecule is COC(=O)C1=C(C)NC2=C(C(=O)NC2(C)C)C1c1cccc([N+](=O)[O-])c1. The van der Waals surface area contributed by atoms with Crippen LogP contribution in [0.1, 0.15) is 32.3 Å². The van der Waals surface area contributed by atoms with Gasteiger partial charge in [-0.2, -0.15) is 0 Å². The average Bonchev–Trinajstić information content (AvgIpc) is 2.81. The minimum absolute atomic E-state index is 0.109. The van der Waals surface area contributed by atoms with Crippen LogP contribution in [0.25, 0.3) is 0 Å². The van der Waals surface area contributed by atoms with E-state index < -0.39 is 22.3 Å². The lowest BCUT2D eigenvalue weighted by molar-refractivity contribution is -0.384. The minimum atomic E-state index is -0.750. The molecule has 0 saturated carbocycles. The van der Waals surface area contributed by atoms with Gasteiger partial charge in [-0.3, -0.25) is 14.9 Å². The molecule has 0 fully saturated rings. The van der Waals surface area contributed by atoms with Crippen molar-refractivity contribution in [1.29, 1.82) is 0 Å². The zero-order valence-electron chi connectivity index (χ0n) is 14.9. The molecule has 1 amide bonds. The minimum Gasteiger partial charge on any atom is -0.466 e. The monoisotopic (exact) mass is 357 g/mol. The van der Waals surface area contributed by atoms with Crippen LogP contribution in [-0.4, -0.2) is 29.4 Å². The van der Waals surface area contributed by atoms with E-state index in [-0.39, 0.29) is 17.2 Å². The van der Waals surface area contributed by atoms with E-state index >= 15 is 0 Å². The van der Waals surface area contributed by atoms with E-state index in [1.54, 1.807) is 13.0 Å². The third-order valence-corrected chi connectivity index (χ3v) is 4.68. The summed E-state index contributed by atoms with van der Waals surface area (Å²) in [6, 6.07) is 5.96. The molecule has 1 aromatic rings. The zero-order chi connectivity index (χ0) is 19.2. The number of ether oxygens (including phenoxy) is 1. The van der Waals surface area contributed by atoms with Crippen LogP contribution < -0.4 is 10.6 Å². The highest BCUT2D eigenvalue weighted by Gasteiger charge is 2.47. The number of non-ortho nitro benzene ring substituents is 1. The van der Waals surface area contributed by atoms with Gasteiger partial charge in [-0.15, -0.1) is 0 Å². The second-order valence-corrected chi connectivity index (χ2v) is 6.81. The van der Waals surface area contributed by atoms with Crippen molar-refractivity contribution in [2.45, 2.75) is 32.2 Å². The van der Waals surface area contributed by atoms with Gasteiger partial charge in [0.1, 0.15) is 0 Å². The number of hydrogen-bond acceptors (Lipinski definition) is 6. The Kier molecular flexibility index (Phi) is 4.06. The van der Waals surface area contributed by atoms with Crippen LogP contribution in [-0.2, 0) is 14.3 Å². The molecule has 0 aliphatic carbocycles. The first kappa shape index (κ1) is 17.7. The first-order valence-corrected chi connectivity index (χ1v) is 8.05. The van der Waals surface area contributed by atoms with Gasteiger partial charge in [-0.05, 0) is 26.3 Å². The average molecular weight is 357 g/mol. The third kappa shape index (κ3) is 2.63. The fourth-order valence-electron chi connectivity index (χ4n) is 3.51. The summed E-state index contributed by atoms with van der Waals surface area (Å²) in [5.41, 5.74) is 1.58. The predicted molar refractivity (Wildman–Crippen MR) is 92.9 cm³/mol. The summed E-state index contributed by atoms with van der Waals surface area (Å²) in [6.45, 7) is 5.42. The number of nitro benzene ring substituents is 1. The molecule has 0 aromatic heterocycles. The quantitative estimate of drug-likeness (QED) is 0.485. The number of rotatable bonds is 3. The van der Waals surface area contributed by atoms with Crippen LogP contribution in [0.5, 0.6) is 0 Å². The van der Waals surface area contributed by atoms with E-state index in [0.29, 0.717) is 22.5 Å². The van der Waals surface area contributed by atoms with Gasteiger partial charge in [0, 0.05) is 17.8 Å². The lowest BCUT2D eigenvalue weighted by Gasteiger charge is -2.31. The van der Waals surface area contributed by atoms with Gasteiger partial charge in [0.15, 0.2) is 0 Å². The zero-order valence-corrected chi connectivity index (χ0v) is 14.9. The van der Waals surface area contributed by atoms with Crippen LogP contribution >= 0.6 is 0 Å². The van der Waals surface area contributed by atoms with Crippen LogP contribution in [0, 0.1) is 10.1 Å². The molecule has 1 aromatic carbocycles. The van der Waals surface area contributed by atoms with Crippen molar-refractivity contribution >= 4 is 17.6 Å². The number of nitrogens with one attached hydrogen (secondary N) is 2. The number of nitrogens with zero attached hydrogens (tertiary/aromatic N) is 1. The lowest BCUT2D eigenvalue weighted by Crippen LogP contribution is -2.42. The second-order valence-electron chi connectivity index (χ2n) is 6.81. The summed E-state index contributed by atoms with van der Waals surface area (Å²) in [5.74, 6) is -1.65. The number of benzene rings is 1. The highest BCUT2D eigenvalue weighted by molar-refractivity contribution is 6.05. The van der Waals surface area contributed by atoms with Crippen molar-refractivity contribution in [3.05, 3.63) is 62.5 Å². The fourth-order valence-corrected chi connectivity index (χ4v) is 3.51. The Labute approximate surface area is 150 Å². The molecule has 0 bridgehead atoms. The van der Waals surface area contributed by atoms with E-state index in [2.05, 4.69) is 10.6 Å². The largest absolute Gasteiger partial charge is 0.466 e. The Bertz CT molecular complexity index is 898. The number of nitro groups is 1. The molecule has 0 radical (unpaired) electrons. The third-order valence-electron chi connectivity index (χ3n) is 4.68. The summed E-state index contributed by atoms with van der Waals surface area (Å²) in [6.07, 6.45) is 0. The van der Waals surface area contributed by atoms with E-state index in [1.807, 2.05) is 13.8 Å². The molecule has 8 heteroatoms. The molecular formula is C18H19N3O5. The molecule has 1 unspecified atom stereocenters. The first-order chi connectivity index (χ1) is 12.2.